The predicted octanol–water partition coefficient (Wildman–Crippen LogP) is 7.65. The highest BCUT2D eigenvalue weighted by atomic mass is 32.2. The topological polar surface area (TPSA) is 29.5 Å². The third-order valence-electron chi connectivity index (χ3n) is 5.46. The van der Waals surface area contributed by atoms with Crippen LogP contribution in [-0.2, 0) is 17.9 Å². The highest BCUT2D eigenvalue weighted by molar-refractivity contribution is 8.00. The zero-order valence-corrected chi connectivity index (χ0v) is 20.3. The second-order valence-corrected chi connectivity index (χ2v) is 9.28. The van der Waals surface area contributed by atoms with Gasteiger partial charge >= 0.3 is 5.97 Å². The van der Waals surface area contributed by atoms with Gasteiger partial charge in [-0.2, -0.15) is 0 Å². The molecule has 0 unspecified atom stereocenters. The Labute approximate surface area is 208 Å². The van der Waals surface area contributed by atoms with Crippen LogP contribution in [0.25, 0.3) is 0 Å². The van der Waals surface area contributed by atoms with Gasteiger partial charge in [0.15, 0.2) is 11.6 Å². The summed E-state index contributed by atoms with van der Waals surface area (Å²) in [7, 11) is 0. The molecule has 0 atom stereocenters. The first-order valence-corrected chi connectivity index (χ1v) is 12.0. The number of ether oxygens (including phenoxy) is 1. The van der Waals surface area contributed by atoms with Crippen LogP contribution in [0, 0.1) is 25.5 Å². The lowest BCUT2D eigenvalue weighted by molar-refractivity contribution is 0.0472. The Morgan fingerprint density at radius 2 is 1.40 bits per heavy atom. The van der Waals surface area contributed by atoms with E-state index in [9.17, 15) is 4.79 Å². The van der Waals surface area contributed by atoms with E-state index in [0.29, 0.717) is 21.6 Å². The molecule has 0 aliphatic rings. The van der Waals surface area contributed by atoms with Gasteiger partial charge in [0, 0.05) is 4.90 Å². The minimum atomic E-state index is -0.602. The summed E-state index contributed by atoms with van der Waals surface area (Å²) in [5.74, 6) is -1.67. The molecule has 0 aliphatic carbocycles. The zero-order chi connectivity index (χ0) is 24.8. The molecule has 0 saturated carbocycles. The lowest BCUT2D eigenvalue weighted by Gasteiger charge is -2.26. The predicted molar refractivity (Wildman–Crippen MR) is 136 cm³/mol. The summed E-state index contributed by atoms with van der Waals surface area (Å²) >= 11 is 1.17. The fourth-order valence-corrected chi connectivity index (χ4v) is 4.70. The number of halogens is 2. The summed E-state index contributed by atoms with van der Waals surface area (Å²) in [4.78, 5) is 13.3. The molecule has 0 N–H and O–H groups in total. The van der Waals surface area contributed by atoms with Gasteiger partial charge in [0.1, 0.15) is 12.3 Å². The van der Waals surface area contributed by atoms with E-state index in [4.69, 9.17) is 4.74 Å². The summed E-state index contributed by atoms with van der Waals surface area (Å²) in [5, 5.41) is 0. The summed E-state index contributed by atoms with van der Waals surface area (Å²) in [5.41, 5.74) is 2.80. The number of hydrogen-bond acceptors (Lipinski definition) is 4. The number of carbonyl (C=O) groups excluding carboxylic acids is 1. The van der Waals surface area contributed by atoms with Gasteiger partial charge in [-0.3, -0.25) is 0 Å². The van der Waals surface area contributed by atoms with Crippen LogP contribution in [0.3, 0.4) is 0 Å². The van der Waals surface area contributed by atoms with Crippen molar-refractivity contribution in [3.05, 3.63) is 130 Å². The molecule has 0 amide bonds. The Bertz CT molecular complexity index is 1290. The van der Waals surface area contributed by atoms with Crippen molar-refractivity contribution < 1.29 is 18.3 Å². The number of aryl methyl sites for hydroxylation is 2. The molecule has 35 heavy (non-hydrogen) atoms. The Hall–Kier alpha value is -3.64. The molecule has 4 aromatic rings. The SMILES string of the molecule is Cc1cc(C)c(F)c(N(Cc2ccccc2)Sc2cccc(C(=O)OCc3ccccc3)c2)c1F. The highest BCUT2D eigenvalue weighted by Crippen LogP contribution is 2.37. The average molecular weight is 490 g/mol. The van der Waals surface area contributed by atoms with Crippen LogP contribution in [0.5, 0.6) is 0 Å². The van der Waals surface area contributed by atoms with E-state index < -0.39 is 17.6 Å². The van der Waals surface area contributed by atoms with E-state index in [1.807, 2.05) is 60.7 Å². The highest BCUT2D eigenvalue weighted by Gasteiger charge is 2.23. The van der Waals surface area contributed by atoms with Gasteiger partial charge in [0.2, 0.25) is 0 Å². The van der Waals surface area contributed by atoms with Crippen LogP contribution in [-0.4, -0.2) is 5.97 Å². The molecule has 0 saturated heterocycles. The van der Waals surface area contributed by atoms with Crippen molar-refractivity contribution in [2.75, 3.05) is 4.31 Å². The molecular weight excluding hydrogens is 464 g/mol. The molecule has 4 rings (SSSR count). The van der Waals surface area contributed by atoms with Crippen molar-refractivity contribution in [2.45, 2.75) is 31.9 Å². The van der Waals surface area contributed by atoms with E-state index in [1.54, 1.807) is 42.4 Å². The Morgan fingerprint density at radius 3 is 2.03 bits per heavy atom. The lowest BCUT2D eigenvalue weighted by Crippen LogP contribution is -2.18. The minimum absolute atomic E-state index is 0.103. The number of hydrogen-bond donors (Lipinski definition) is 0. The maximum atomic E-state index is 15.2. The number of esters is 1. The molecule has 0 fully saturated rings. The molecule has 178 valence electrons. The van der Waals surface area contributed by atoms with Crippen LogP contribution >= 0.6 is 11.9 Å². The smallest absolute Gasteiger partial charge is 0.338 e. The second-order valence-electron chi connectivity index (χ2n) is 8.19. The largest absolute Gasteiger partial charge is 0.457 e. The maximum Gasteiger partial charge on any atom is 0.338 e. The fraction of sp³-hybridized carbons (Fsp3) is 0.138. The second kappa shape index (κ2) is 11.2. The zero-order valence-electron chi connectivity index (χ0n) is 19.5. The van der Waals surface area contributed by atoms with E-state index in [1.165, 1.54) is 18.0 Å². The van der Waals surface area contributed by atoms with Gasteiger partial charge < -0.3 is 9.04 Å². The average Bonchev–Trinajstić information content (AvgIpc) is 2.87. The first-order valence-electron chi connectivity index (χ1n) is 11.2. The summed E-state index contributed by atoms with van der Waals surface area (Å²) in [6.45, 7) is 3.68. The van der Waals surface area contributed by atoms with Gasteiger partial charge in [0.25, 0.3) is 0 Å². The van der Waals surface area contributed by atoms with Gasteiger partial charge in [-0.1, -0.05) is 72.8 Å². The van der Waals surface area contributed by atoms with E-state index in [-0.39, 0.29) is 18.8 Å². The molecule has 0 radical (unpaired) electrons. The van der Waals surface area contributed by atoms with Crippen molar-refractivity contribution in [1.82, 2.24) is 0 Å². The van der Waals surface area contributed by atoms with Gasteiger partial charge in [-0.15, -0.1) is 0 Å². The molecule has 0 aromatic heterocycles. The van der Waals surface area contributed by atoms with Crippen molar-refractivity contribution >= 4 is 23.6 Å². The molecule has 4 aromatic carbocycles. The van der Waals surface area contributed by atoms with Crippen LogP contribution in [0.4, 0.5) is 14.5 Å². The van der Waals surface area contributed by atoms with E-state index in [0.717, 1.165) is 11.1 Å². The molecule has 0 heterocycles. The number of benzene rings is 4. The number of nitrogens with zero attached hydrogens (tertiary/aromatic N) is 1. The van der Waals surface area contributed by atoms with Crippen molar-refractivity contribution in [1.29, 1.82) is 0 Å². The van der Waals surface area contributed by atoms with Crippen LogP contribution in [0.2, 0.25) is 0 Å². The van der Waals surface area contributed by atoms with Gasteiger partial charge in [-0.25, -0.2) is 13.6 Å². The molecule has 6 heteroatoms. The van der Waals surface area contributed by atoms with Crippen molar-refractivity contribution in [2.24, 2.45) is 0 Å². The maximum absolute atomic E-state index is 15.2. The molecule has 0 aliphatic heterocycles. The molecule has 3 nitrogen and oxygen atoms in total. The van der Waals surface area contributed by atoms with E-state index in [2.05, 4.69) is 0 Å². The molecule has 0 spiro atoms. The standard InChI is InChI=1S/C29H25F2NO2S/c1-20-16-21(2)27(31)28(26(20)30)32(18-22-10-5-3-6-11-22)35-25-15-9-14-24(17-25)29(33)34-19-23-12-7-4-8-13-23/h3-17H,18-19H2,1-2H3. The van der Waals surface area contributed by atoms with Crippen LogP contribution in [0.15, 0.2) is 95.9 Å². The van der Waals surface area contributed by atoms with Gasteiger partial charge in [-0.05, 0) is 66.2 Å². The third-order valence-corrected chi connectivity index (χ3v) is 6.45. The van der Waals surface area contributed by atoms with Gasteiger partial charge in [0.05, 0.1) is 12.1 Å². The number of rotatable bonds is 8. The number of anilines is 1. The first-order chi connectivity index (χ1) is 16.9. The summed E-state index contributed by atoms with van der Waals surface area (Å²) in [6, 6.07) is 27.3. The first kappa shape index (κ1) is 24.5. The fourth-order valence-electron chi connectivity index (χ4n) is 3.66. The summed E-state index contributed by atoms with van der Waals surface area (Å²) in [6.07, 6.45) is 0. The van der Waals surface area contributed by atoms with Crippen molar-refractivity contribution in [3.63, 3.8) is 0 Å². The Balaban J connectivity index is 1.61. The van der Waals surface area contributed by atoms with E-state index >= 15 is 8.78 Å². The normalized spacial score (nSPS) is 10.7. The monoisotopic (exact) mass is 489 g/mol. The van der Waals surface area contributed by atoms with Crippen LogP contribution in [0.1, 0.15) is 32.6 Å². The summed E-state index contributed by atoms with van der Waals surface area (Å²) < 4.78 is 37.4. The Morgan fingerprint density at radius 1 is 0.800 bits per heavy atom. The Kier molecular flexibility index (Phi) is 7.83. The number of carbonyl (C=O) groups is 1. The molecule has 0 bridgehead atoms. The lowest BCUT2D eigenvalue weighted by atomic mass is 10.1. The quantitative estimate of drug-likeness (QED) is 0.188. The minimum Gasteiger partial charge on any atom is -0.457 e. The van der Waals surface area contributed by atoms with Crippen LogP contribution < -0.4 is 4.31 Å². The third kappa shape index (κ3) is 6.08. The molecular formula is C29H25F2NO2S. The van der Waals surface area contributed by atoms with Crippen molar-refractivity contribution in [3.8, 4) is 0 Å².